The Hall–Kier alpha value is -1.30. The van der Waals surface area contributed by atoms with E-state index in [1.807, 2.05) is 0 Å². The number of carbonyl (C=O) groups is 1. The number of carbonyl (C=O) groups excluding carboxylic acids is 1. The van der Waals surface area contributed by atoms with Gasteiger partial charge in [0, 0.05) is 30.9 Å². The fourth-order valence-corrected chi connectivity index (χ4v) is 2.80. The minimum Gasteiger partial charge on any atom is -0.463 e. The second-order valence-electron chi connectivity index (χ2n) is 4.45. The molecule has 17 heavy (non-hydrogen) atoms. The van der Waals surface area contributed by atoms with E-state index in [1.165, 1.54) is 6.92 Å². The molecule has 0 unspecified atom stereocenters. The number of methoxy groups -OCH3 is 1. The molecule has 0 aromatic rings. The topological polar surface area (TPSA) is 93.5 Å². The predicted molar refractivity (Wildman–Crippen MR) is 57.2 cm³/mol. The summed E-state index contributed by atoms with van der Waals surface area (Å²) >= 11 is 0. The highest BCUT2D eigenvalue weighted by Gasteiger charge is 2.60. The average Bonchev–Trinajstić information content (AvgIpc) is 2.79. The van der Waals surface area contributed by atoms with Crippen LogP contribution in [0.15, 0.2) is 5.11 Å². The summed E-state index contributed by atoms with van der Waals surface area (Å²) in [6.07, 6.45) is 0.352. The van der Waals surface area contributed by atoms with Crippen LogP contribution in [0, 0.1) is 5.92 Å². The molecule has 7 nitrogen and oxygen atoms in total. The lowest BCUT2D eigenvalue weighted by Crippen LogP contribution is -2.43. The van der Waals surface area contributed by atoms with Gasteiger partial charge in [-0.25, -0.2) is 0 Å². The van der Waals surface area contributed by atoms with Crippen LogP contribution in [0.3, 0.4) is 0 Å². The Balaban J connectivity index is 2.15. The van der Waals surface area contributed by atoms with Crippen LogP contribution < -0.4 is 0 Å². The van der Waals surface area contributed by atoms with Crippen molar-refractivity contribution in [1.82, 2.24) is 0 Å². The van der Waals surface area contributed by atoms with E-state index in [1.54, 1.807) is 7.11 Å². The normalized spacial score (nSPS) is 38.8. The molecule has 0 radical (unpaired) electrons. The molecule has 1 aliphatic carbocycles. The van der Waals surface area contributed by atoms with Crippen LogP contribution in [-0.4, -0.2) is 44.0 Å². The van der Waals surface area contributed by atoms with Gasteiger partial charge in [-0.15, -0.1) is 0 Å². The third-order valence-electron chi connectivity index (χ3n) is 3.49. The van der Waals surface area contributed by atoms with Gasteiger partial charge in [0.05, 0.1) is 12.7 Å². The van der Waals surface area contributed by atoms with Gasteiger partial charge in [0.15, 0.2) is 0 Å². The van der Waals surface area contributed by atoms with Gasteiger partial charge in [-0.05, 0) is 12.0 Å². The maximum absolute atomic E-state index is 10.9. The highest BCUT2D eigenvalue weighted by Crippen LogP contribution is 2.47. The van der Waals surface area contributed by atoms with Crippen molar-refractivity contribution < 1.29 is 19.0 Å². The minimum atomic E-state index is -0.649. The van der Waals surface area contributed by atoms with Gasteiger partial charge in [0.25, 0.3) is 0 Å². The predicted octanol–water partition coefficient (Wildman–Crippen LogP) is 1.03. The van der Waals surface area contributed by atoms with E-state index in [9.17, 15) is 4.79 Å². The summed E-state index contributed by atoms with van der Waals surface area (Å²) in [7, 11) is 1.59. The molecule has 2 rings (SSSR count). The first-order valence-corrected chi connectivity index (χ1v) is 5.47. The van der Waals surface area contributed by atoms with E-state index < -0.39 is 5.60 Å². The van der Waals surface area contributed by atoms with Crippen molar-refractivity contribution in [3.8, 4) is 0 Å². The first-order valence-electron chi connectivity index (χ1n) is 5.47. The van der Waals surface area contributed by atoms with E-state index in [0.717, 1.165) is 0 Å². The maximum Gasteiger partial charge on any atom is 0.302 e. The first-order chi connectivity index (χ1) is 8.13. The molecule has 1 saturated heterocycles. The van der Waals surface area contributed by atoms with Crippen molar-refractivity contribution in [2.24, 2.45) is 11.0 Å². The molecule has 94 valence electrons. The van der Waals surface area contributed by atoms with Crippen molar-refractivity contribution >= 4 is 5.97 Å². The number of esters is 1. The van der Waals surface area contributed by atoms with Crippen LogP contribution in [0.1, 0.15) is 13.3 Å². The molecule has 1 saturated carbocycles. The van der Waals surface area contributed by atoms with Crippen molar-refractivity contribution in [2.75, 3.05) is 20.3 Å². The van der Waals surface area contributed by atoms with Crippen LogP contribution in [-0.2, 0) is 19.0 Å². The smallest absolute Gasteiger partial charge is 0.302 e. The Bertz CT molecular complexity index is 369. The monoisotopic (exact) mass is 241 g/mol. The van der Waals surface area contributed by atoms with Gasteiger partial charge in [-0.2, -0.15) is 0 Å². The number of rotatable bonds is 4. The highest BCUT2D eigenvalue weighted by molar-refractivity contribution is 5.66. The third-order valence-corrected chi connectivity index (χ3v) is 3.49. The van der Waals surface area contributed by atoms with Gasteiger partial charge in [-0.1, -0.05) is 5.11 Å². The van der Waals surface area contributed by atoms with E-state index >= 15 is 0 Å². The number of hydrogen-bond donors (Lipinski definition) is 0. The molecule has 1 aliphatic heterocycles. The van der Waals surface area contributed by atoms with Crippen LogP contribution >= 0.6 is 0 Å². The second-order valence-corrected chi connectivity index (χ2v) is 4.45. The van der Waals surface area contributed by atoms with E-state index in [2.05, 4.69) is 10.0 Å². The SMILES string of the molecule is CO[C@H]1[C@H]2CO[C@@]1(COC(C)=O)C[C@H]2N=[N+]=[N-]. The van der Waals surface area contributed by atoms with E-state index in [4.69, 9.17) is 19.7 Å². The van der Waals surface area contributed by atoms with Crippen molar-refractivity contribution in [3.05, 3.63) is 10.4 Å². The molecule has 4 atom stereocenters. The molecule has 2 bridgehead atoms. The van der Waals surface area contributed by atoms with Crippen molar-refractivity contribution in [3.63, 3.8) is 0 Å². The Morgan fingerprint density at radius 1 is 1.71 bits per heavy atom. The zero-order valence-corrected chi connectivity index (χ0v) is 9.83. The molecule has 7 heteroatoms. The summed E-state index contributed by atoms with van der Waals surface area (Å²) < 4.78 is 16.1. The van der Waals surface area contributed by atoms with Gasteiger partial charge < -0.3 is 14.2 Å². The standard InChI is InChI=1S/C10H15N3O4/c1-6(14)16-5-10-3-8(12-13-11)7(4-17-10)9(10)15-2/h7-9H,3-5H2,1-2H3/t7-,8+,9-,10+/m0/s1. The summed E-state index contributed by atoms with van der Waals surface area (Å²) in [5.41, 5.74) is 7.86. The Morgan fingerprint density at radius 3 is 3.06 bits per heavy atom. The minimum absolute atomic E-state index is 0.0476. The van der Waals surface area contributed by atoms with Crippen molar-refractivity contribution in [2.45, 2.75) is 31.1 Å². The summed E-state index contributed by atoms with van der Waals surface area (Å²) in [5, 5.41) is 3.76. The van der Waals surface area contributed by atoms with E-state index in [0.29, 0.717) is 13.0 Å². The van der Waals surface area contributed by atoms with E-state index in [-0.39, 0.29) is 30.6 Å². The maximum atomic E-state index is 10.9. The van der Waals surface area contributed by atoms with Gasteiger partial charge in [0.2, 0.25) is 0 Å². The second kappa shape index (κ2) is 4.52. The van der Waals surface area contributed by atoms with Crippen molar-refractivity contribution in [1.29, 1.82) is 0 Å². The van der Waals surface area contributed by atoms with Gasteiger partial charge in [0.1, 0.15) is 12.2 Å². The van der Waals surface area contributed by atoms with Gasteiger partial charge in [-0.3, -0.25) is 4.79 Å². The largest absolute Gasteiger partial charge is 0.463 e. The summed E-state index contributed by atoms with van der Waals surface area (Å²) in [4.78, 5) is 13.7. The molecular weight excluding hydrogens is 226 g/mol. The molecule has 2 fully saturated rings. The molecule has 1 heterocycles. The Labute approximate surface area is 98.6 Å². The molecule has 0 amide bonds. The van der Waals surface area contributed by atoms with Gasteiger partial charge >= 0.3 is 5.97 Å². The fraction of sp³-hybridized carbons (Fsp3) is 0.900. The lowest BCUT2D eigenvalue weighted by molar-refractivity contribution is -0.157. The molecular formula is C10H15N3O4. The van der Waals surface area contributed by atoms with Crippen LogP contribution in [0.4, 0.5) is 0 Å². The number of ether oxygens (including phenoxy) is 3. The molecule has 0 aromatic carbocycles. The third kappa shape index (κ3) is 1.97. The van der Waals surface area contributed by atoms with Crippen LogP contribution in [0.25, 0.3) is 10.4 Å². The zero-order chi connectivity index (χ0) is 12.5. The van der Waals surface area contributed by atoms with Crippen LogP contribution in [0.5, 0.6) is 0 Å². The highest BCUT2D eigenvalue weighted by atomic mass is 16.6. The number of nitrogens with zero attached hydrogens (tertiary/aromatic N) is 3. The average molecular weight is 241 g/mol. The summed E-state index contributed by atoms with van der Waals surface area (Å²) in [6.45, 7) is 1.98. The molecule has 2 aliphatic rings. The fourth-order valence-electron chi connectivity index (χ4n) is 2.80. The summed E-state index contributed by atoms with van der Waals surface area (Å²) in [5.74, 6) is -0.306. The number of hydrogen-bond acceptors (Lipinski definition) is 5. The molecule has 0 N–H and O–H groups in total. The number of azide groups is 1. The molecule has 0 spiro atoms. The lowest BCUT2D eigenvalue weighted by atomic mass is 10.0. The summed E-state index contributed by atoms with van der Waals surface area (Å²) in [6, 6.07) is -0.144. The quantitative estimate of drug-likeness (QED) is 0.318. The van der Waals surface area contributed by atoms with Crippen LogP contribution in [0.2, 0.25) is 0 Å². The number of fused-ring (bicyclic) bond motifs is 2. The lowest BCUT2D eigenvalue weighted by Gasteiger charge is -2.29. The molecule has 0 aromatic heterocycles. The Morgan fingerprint density at radius 2 is 2.47 bits per heavy atom. The first kappa shape index (κ1) is 12.2. The zero-order valence-electron chi connectivity index (χ0n) is 9.83. The Kier molecular flexibility index (Phi) is 3.24.